The summed E-state index contributed by atoms with van der Waals surface area (Å²) in [6.45, 7) is 0.626. The van der Waals surface area contributed by atoms with Gasteiger partial charge in [0.1, 0.15) is 5.82 Å². The summed E-state index contributed by atoms with van der Waals surface area (Å²) in [6.07, 6.45) is -2.71. The zero-order valence-corrected chi connectivity index (χ0v) is 17.3. The fraction of sp³-hybridized carbons (Fsp3) is 0.391. The van der Waals surface area contributed by atoms with E-state index in [1.54, 1.807) is 24.3 Å². The first-order valence-electron chi connectivity index (χ1n) is 10.1. The average molecular weight is 454 g/mol. The van der Waals surface area contributed by atoms with Gasteiger partial charge in [0.05, 0.1) is 5.56 Å². The van der Waals surface area contributed by atoms with Gasteiger partial charge in [-0.15, -0.1) is 0 Å². The number of carbonyl (C=O) groups excluding carboxylic acids is 2. The SMILES string of the molecule is O=C(Cc1ccc(Cl)cc1)C(=O)N1CCC2(CCc3cc(C(F)(F)F)c(F)cc32)CC1. The second-order valence-corrected chi connectivity index (χ2v) is 8.72. The highest BCUT2D eigenvalue weighted by Gasteiger charge is 2.45. The lowest BCUT2D eigenvalue weighted by Crippen LogP contribution is -2.47. The Morgan fingerprint density at radius 3 is 2.29 bits per heavy atom. The van der Waals surface area contributed by atoms with Crippen LogP contribution in [-0.2, 0) is 34.0 Å². The number of amides is 1. The molecule has 1 aliphatic heterocycles. The molecule has 2 aromatic rings. The van der Waals surface area contributed by atoms with Gasteiger partial charge in [-0.3, -0.25) is 9.59 Å². The molecule has 1 aliphatic carbocycles. The topological polar surface area (TPSA) is 37.4 Å². The lowest BCUT2D eigenvalue weighted by Gasteiger charge is -2.40. The number of piperidine rings is 1. The lowest BCUT2D eigenvalue weighted by atomic mass is 9.73. The van der Waals surface area contributed by atoms with Crippen LogP contribution in [0.1, 0.15) is 41.5 Å². The molecule has 2 aliphatic rings. The molecule has 8 heteroatoms. The summed E-state index contributed by atoms with van der Waals surface area (Å²) in [4.78, 5) is 26.5. The van der Waals surface area contributed by atoms with Gasteiger partial charge in [-0.25, -0.2) is 4.39 Å². The van der Waals surface area contributed by atoms with Crippen molar-refractivity contribution in [3.05, 3.63) is 69.5 Å². The molecule has 1 saturated heterocycles. The van der Waals surface area contributed by atoms with Gasteiger partial charge in [-0.05, 0) is 72.1 Å². The Morgan fingerprint density at radius 1 is 1.03 bits per heavy atom. The van der Waals surface area contributed by atoms with E-state index >= 15 is 0 Å². The molecule has 31 heavy (non-hydrogen) atoms. The zero-order chi connectivity index (χ0) is 22.4. The predicted molar refractivity (Wildman–Crippen MR) is 107 cm³/mol. The summed E-state index contributed by atoms with van der Waals surface area (Å²) in [5.74, 6) is -2.35. The Balaban J connectivity index is 1.44. The van der Waals surface area contributed by atoms with Gasteiger partial charge >= 0.3 is 6.18 Å². The van der Waals surface area contributed by atoms with Crippen LogP contribution in [0.2, 0.25) is 5.02 Å². The van der Waals surface area contributed by atoms with Crippen molar-refractivity contribution in [3.8, 4) is 0 Å². The molecule has 0 aromatic heterocycles. The minimum atomic E-state index is -4.73. The number of hydrogen-bond donors (Lipinski definition) is 0. The van der Waals surface area contributed by atoms with Crippen LogP contribution < -0.4 is 0 Å². The highest BCUT2D eigenvalue weighted by atomic mass is 35.5. The van der Waals surface area contributed by atoms with Crippen molar-refractivity contribution >= 4 is 23.3 Å². The van der Waals surface area contributed by atoms with E-state index < -0.39 is 34.7 Å². The van der Waals surface area contributed by atoms with Crippen molar-refractivity contribution in [3.63, 3.8) is 0 Å². The first kappa shape index (κ1) is 21.8. The number of hydrogen-bond acceptors (Lipinski definition) is 2. The van der Waals surface area contributed by atoms with Crippen LogP contribution >= 0.6 is 11.6 Å². The number of rotatable bonds is 3. The molecule has 0 saturated carbocycles. The minimum absolute atomic E-state index is 0.0219. The molecule has 1 amide bonds. The minimum Gasteiger partial charge on any atom is -0.336 e. The number of carbonyl (C=O) groups is 2. The molecule has 0 unspecified atom stereocenters. The molecule has 164 valence electrons. The van der Waals surface area contributed by atoms with Crippen LogP contribution in [0, 0.1) is 5.82 Å². The fourth-order valence-electron chi connectivity index (χ4n) is 4.74. The van der Waals surface area contributed by atoms with Gasteiger partial charge in [0.2, 0.25) is 5.78 Å². The molecule has 3 nitrogen and oxygen atoms in total. The summed E-state index contributed by atoms with van der Waals surface area (Å²) < 4.78 is 53.2. The number of halogens is 5. The second-order valence-electron chi connectivity index (χ2n) is 8.29. The van der Waals surface area contributed by atoms with E-state index in [2.05, 4.69) is 0 Å². The lowest BCUT2D eigenvalue weighted by molar-refractivity contribution is -0.145. The number of ketones is 1. The largest absolute Gasteiger partial charge is 0.419 e. The number of alkyl halides is 3. The van der Waals surface area contributed by atoms with E-state index in [1.165, 1.54) is 4.90 Å². The first-order chi connectivity index (χ1) is 14.6. The van der Waals surface area contributed by atoms with Crippen LogP contribution in [0.4, 0.5) is 17.6 Å². The normalized spacial score (nSPS) is 17.6. The van der Waals surface area contributed by atoms with Gasteiger partial charge < -0.3 is 4.90 Å². The van der Waals surface area contributed by atoms with Crippen molar-refractivity contribution in [2.45, 2.75) is 43.7 Å². The van der Waals surface area contributed by atoms with Gasteiger partial charge in [0, 0.05) is 24.5 Å². The van der Waals surface area contributed by atoms with E-state index in [0.717, 1.165) is 12.1 Å². The predicted octanol–water partition coefficient (Wildman–Crippen LogP) is 5.12. The Kier molecular flexibility index (Phi) is 5.58. The third-order valence-electron chi connectivity index (χ3n) is 6.47. The van der Waals surface area contributed by atoms with Crippen LogP contribution in [0.5, 0.6) is 0 Å². The number of fused-ring (bicyclic) bond motifs is 2. The van der Waals surface area contributed by atoms with Crippen molar-refractivity contribution < 1.29 is 27.2 Å². The summed E-state index contributed by atoms with van der Waals surface area (Å²) in [5, 5.41) is 0.541. The van der Waals surface area contributed by atoms with Crippen LogP contribution in [0.3, 0.4) is 0 Å². The van der Waals surface area contributed by atoms with E-state index in [4.69, 9.17) is 11.6 Å². The average Bonchev–Trinajstić information content (AvgIpc) is 3.05. The standard InChI is InChI=1S/C23H20ClF4NO2/c24-16-3-1-14(2-4-16)11-20(30)21(31)29-9-7-22(8-10-29)6-5-15-12-18(23(26,27)28)19(25)13-17(15)22/h1-4,12-13H,5-11H2. The molecule has 0 N–H and O–H groups in total. The second kappa shape index (κ2) is 7.93. The molecule has 0 bridgehead atoms. The zero-order valence-electron chi connectivity index (χ0n) is 16.6. The third kappa shape index (κ3) is 4.20. The monoisotopic (exact) mass is 453 g/mol. The van der Waals surface area contributed by atoms with Crippen molar-refractivity contribution in [2.75, 3.05) is 13.1 Å². The van der Waals surface area contributed by atoms with Gasteiger partial charge in [0.25, 0.3) is 5.91 Å². The van der Waals surface area contributed by atoms with Gasteiger partial charge in [0.15, 0.2) is 0 Å². The summed E-state index contributed by atoms with van der Waals surface area (Å²) in [7, 11) is 0. The van der Waals surface area contributed by atoms with Gasteiger partial charge in [-0.1, -0.05) is 23.7 Å². The van der Waals surface area contributed by atoms with E-state index in [9.17, 15) is 27.2 Å². The number of nitrogens with zero attached hydrogens (tertiary/aromatic N) is 1. The number of aryl methyl sites for hydroxylation is 1. The molecule has 0 radical (unpaired) electrons. The molecule has 2 aromatic carbocycles. The number of likely N-dealkylation sites (tertiary alicyclic amines) is 1. The Morgan fingerprint density at radius 2 is 1.68 bits per heavy atom. The Hall–Kier alpha value is -2.41. The molecule has 1 heterocycles. The van der Waals surface area contributed by atoms with E-state index in [-0.39, 0.29) is 6.42 Å². The third-order valence-corrected chi connectivity index (χ3v) is 6.72. The highest BCUT2D eigenvalue weighted by molar-refractivity contribution is 6.36. The summed E-state index contributed by atoms with van der Waals surface area (Å²) in [5.41, 5.74) is 0.140. The van der Waals surface area contributed by atoms with Crippen molar-refractivity contribution in [1.82, 2.24) is 4.90 Å². The molecule has 1 spiro atoms. The van der Waals surface area contributed by atoms with E-state index in [0.29, 0.717) is 60.5 Å². The maximum Gasteiger partial charge on any atom is 0.419 e. The fourth-order valence-corrected chi connectivity index (χ4v) is 4.87. The summed E-state index contributed by atoms with van der Waals surface area (Å²) >= 11 is 5.83. The van der Waals surface area contributed by atoms with Crippen LogP contribution in [-0.4, -0.2) is 29.7 Å². The van der Waals surface area contributed by atoms with Crippen LogP contribution in [0.25, 0.3) is 0 Å². The first-order valence-corrected chi connectivity index (χ1v) is 10.4. The van der Waals surface area contributed by atoms with Crippen molar-refractivity contribution in [2.24, 2.45) is 0 Å². The molecular weight excluding hydrogens is 434 g/mol. The quantitative estimate of drug-likeness (QED) is 0.478. The van der Waals surface area contributed by atoms with E-state index in [1.807, 2.05) is 0 Å². The Labute approximate surface area is 182 Å². The molecular formula is C23H20ClF4NO2. The summed E-state index contributed by atoms with van der Waals surface area (Å²) in [6, 6.07) is 8.64. The maximum atomic E-state index is 14.2. The number of benzene rings is 2. The number of Topliss-reactive ketones (excluding diaryl/α,β-unsaturated/α-hetero) is 1. The maximum absolute atomic E-state index is 14.2. The molecule has 4 rings (SSSR count). The van der Waals surface area contributed by atoms with Crippen LogP contribution in [0.15, 0.2) is 36.4 Å². The Bertz CT molecular complexity index is 1030. The van der Waals surface area contributed by atoms with Crippen molar-refractivity contribution in [1.29, 1.82) is 0 Å². The highest BCUT2D eigenvalue weighted by Crippen LogP contribution is 2.48. The smallest absolute Gasteiger partial charge is 0.336 e. The molecule has 0 atom stereocenters. The van der Waals surface area contributed by atoms with Gasteiger partial charge in [-0.2, -0.15) is 13.2 Å². The molecule has 1 fully saturated rings.